The van der Waals surface area contributed by atoms with E-state index in [1.807, 2.05) is 30.3 Å². The summed E-state index contributed by atoms with van der Waals surface area (Å²) in [4.78, 5) is 31.1. The Morgan fingerprint density at radius 1 is 1.06 bits per heavy atom. The first-order valence-electron chi connectivity index (χ1n) is 10.8. The molecule has 1 N–H and O–H groups in total. The largest absolute Gasteiger partial charge is 0.388 e. The van der Waals surface area contributed by atoms with Gasteiger partial charge in [0.05, 0.1) is 24.2 Å². The third-order valence-electron chi connectivity index (χ3n) is 6.01. The number of hydrogen-bond donors (Lipinski definition) is 1. The first-order chi connectivity index (χ1) is 15.4. The fourth-order valence-corrected chi connectivity index (χ4v) is 4.06. The molecule has 0 atom stereocenters. The van der Waals surface area contributed by atoms with Crippen molar-refractivity contribution in [3.63, 3.8) is 0 Å². The summed E-state index contributed by atoms with van der Waals surface area (Å²) in [7, 11) is 0. The predicted octanol–water partition coefficient (Wildman–Crippen LogP) is 3.04. The van der Waals surface area contributed by atoms with Crippen LogP contribution in [0.15, 0.2) is 71.8 Å². The third-order valence-corrected chi connectivity index (χ3v) is 6.01. The number of carbonyl (C=O) groups excluding carboxylic acids is 1. The van der Waals surface area contributed by atoms with Gasteiger partial charge in [0, 0.05) is 31.1 Å². The van der Waals surface area contributed by atoms with E-state index in [0.29, 0.717) is 38.8 Å². The van der Waals surface area contributed by atoms with E-state index in [9.17, 15) is 19.1 Å². The van der Waals surface area contributed by atoms with Gasteiger partial charge in [-0.3, -0.25) is 14.2 Å². The maximum atomic E-state index is 14.0. The quantitative estimate of drug-likeness (QED) is 0.646. The van der Waals surface area contributed by atoms with Gasteiger partial charge in [0.25, 0.3) is 5.56 Å². The van der Waals surface area contributed by atoms with Gasteiger partial charge in [0.1, 0.15) is 5.82 Å². The first-order valence-corrected chi connectivity index (χ1v) is 10.8. The minimum atomic E-state index is -1.10. The molecule has 2 aromatic carbocycles. The summed E-state index contributed by atoms with van der Waals surface area (Å²) >= 11 is 0. The number of amides is 1. The van der Waals surface area contributed by atoms with Crippen LogP contribution in [-0.2, 0) is 17.8 Å². The lowest BCUT2D eigenvalue weighted by atomic mass is 9.91. The van der Waals surface area contributed by atoms with Crippen LogP contribution in [0.3, 0.4) is 0 Å². The molecule has 1 aromatic heterocycles. The Morgan fingerprint density at radius 2 is 1.75 bits per heavy atom. The molecule has 0 unspecified atom stereocenters. The highest BCUT2D eigenvalue weighted by atomic mass is 19.1. The number of carbonyl (C=O) groups is 1. The second-order valence-electron chi connectivity index (χ2n) is 8.31. The van der Waals surface area contributed by atoms with Crippen LogP contribution in [-0.4, -0.2) is 44.2 Å². The van der Waals surface area contributed by atoms with E-state index in [1.165, 1.54) is 23.0 Å². The van der Waals surface area contributed by atoms with E-state index in [-0.39, 0.29) is 29.3 Å². The SMILES string of the molecule is O=C(CCc1ccccc1)N1CCC(O)(Cn2cnc(-c3ccccc3F)cc2=O)CC1. The monoisotopic (exact) mass is 435 g/mol. The highest BCUT2D eigenvalue weighted by Crippen LogP contribution is 2.25. The van der Waals surface area contributed by atoms with Crippen molar-refractivity contribution in [2.45, 2.75) is 37.8 Å². The van der Waals surface area contributed by atoms with Crippen LogP contribution < -0.4 is 5.56 Å². The predicted molar refractivity (Wildman–Crippen MR) is 119 cm³/mol. The van der Waals surface area contributed by atoms with E-state index >= 15 is 0 Å². The van der Waals surface area contributed by atoms with Crippen LogP contribution in [0.5, 0.6) is 0 Å². The van der Waals surface area contributed by atoms with Crippen LogP contribution in [0.25, 0.3) is 11.3 Å². The van der Waals surface area contributed by atoms with Crippen molar-refractivity contribution in [1.29, 1.82) is 0 Å². The number of nitrogens with zero attached hydrogens (tertiary/aromatic N) is 3. The summed E-state index contributed by atoms with van der Waals surface area (Å²) in [5.41, 5.74) is 0.197. The van der Waals surface area contributed by atoms with Gasteiger partial charge in [0.2, 0.25) is 5.91 Å². The van der Waals surface area contributed by atoms with Crippen LogP contribution in [0.1, 0.15) is 24.8 Å². The molecule has 1 amide bonds. The number of likely N-dealkylation sites (tertiary alicyclic amines) is 1. The number of aliphatic hydroxyl groups is 1. The Kier molecular flexibility index (Phi) is 6.46. The normalized spacial score (nSPS) is 15.5. The fourth-order valence-electron chi connectivity index (χ4n) is 4.06. The molecule has 3 aromatic rings. The van der Waals surface area contributed by atoms with Crippen LogP contribution in [0, 0.1) is 5.82 Å². The zero-order valence-corrected chi connectivity index (χ0v) is 17.8. The van der Waals surface area contributed by atoms with E-state index in [1.54, 1.807) is 23.1 Å². The fraction of sp³-hybridized carbons (Fsp3) is 0.320. The number of benzene rings is 2. The average molecular weight is 435 g/mol. The second kappa shape index (κ2) is 9.44. The third kappa shape index (κ3) is 5.11. The van der Waals surface area contributed by atoms with Gasteiger partial charge in [0.15, 0.2) is 0 Å². The highest BCUT2D eigenvalue weighted by molar-refractivity contribution is 5.76. The van der Waals surface area contributed by atoms with Crippen molar-refractivity contribution in [3.05, 3.63) is 88.7 Å². The summed E-state index contributed by atoms with van der Waals surface area (Å²) < 4.78 is 15.3. The van der Waals surface area contributed by atoms with Crippen molar-refractivity contribution in [1.82, 2.24) is 14.5 Å². The van der Waals surface area contributed by atoms with E-state index < -0.39 is 11.4 Å². The van der Waals surface area contributed by atoms with Gasteiger partial charge in [-0.1, -0.05) is 42.5 Å². The molecule has 0 spiro atoms. The lowest BCUT2D eigenvalue weighted by Crippen LogP contribution is -2.49. The number of halogens is 1. The average Bonchev–Trinajstić information content (AvgIpc) is 2.80. The second-order valence-corrected chi connectivity index (χ2v) is 8.31. The summed E-state index contributed by atoms with van der Waals surface area (Å²) in [6.45, 7) is 0.974. The van der Waals surface area contributed by atoms with Crippen LogP contribution in [0.2, 0.25) is 0 Å². The van der Waals surface area contributed by atoms with E-state index in [4.69, 9.17) is 0 Å². The standard InChI is InChI=1S/C25H26FN3O3/c26-21-9-5-4-8-20(21)22-16-24(31)29(18-27-22)17-25(32)12-14-28(15-13-25)23(30)11-10-19-6-2-1-3-7-19/h1-9,16,18,32H,10-15,17H2. The zero-order chi connectivity index (χ0) is 22.6. The molecule has 1 saturated heterocycles. The Balaban J connectivity index is 1.35. The zero-order valence-electron chi connectivity index (χ0n) is 17.8. The van der Waals surface area contributed by atoms with Gasteiger partial charge >= 0.3 is 0 Å². The topological polar surface area (TPSA) is 75.4 Å². The number of aryl methyl sites for hydroxylation is 1. The summed E-state index contributed by atoms with van der Waals surface area (Å²) in [6, 6.07) is 17.3. The summed E-state index contributed by atoms with van der Waals surface area (Å²) in [6.07, 6.45) is 3.23. The summed E-state index contributed by atoms with van der Waals surface area (Å²) in [5.74, 6) is -0.371. The number of aromatic nitrogens is 2. The summed E-state index contributed by atoms with van der Waals surface area (Å²) in [5, 5.41) is 11.0. The number of rotatable bonds is 6. The number of piperidine rings is 1. The molecule has 7 heteroatoms. The highest BCUT2D eigenvalue weighted by Gasteiger charge is 2.34. The molecule has 1 aliphatic heterocycles. The van der Waals surface area contributed by atoms with Crippen molar-refractivity contribution < 1.29 is 14.3 Å². The molecule has 6 nitrogen and oxygen atoms in total. The molecule has 1 aliphatic rings. The van der Waals surface area contributed by atoms with E-state index in [2.05, 4.69) is 4.98 Å². The van der Waals surface area contributed by atoms with Crippen molar-refractivity contribution >= 4 is 5.91 Å². The lowest BCUT2D eigenvalue weighted by Gasteiger charge is -2.38. The molecule has 1 fully saturated rings. The molecule has 0 bridgehead atoms. The van der Waals surface area contributed by atoms with Gasteiger partial charge < -0.3 is 10.0 Å². The minimum absolute atomic E-state index is 0.0731. The van der Waals surface area contributed by atoms with Crippen molar-refractivity contribution in [2.24, 2.45) is 0 Å². The van der Waals surface area contributed by atoms with Gasteiger partial charge in [-0.2, -0.15) is 0 Å². The smallest absolute Gasteiger partial charge is 0.253 e. The molecule has 2 heterocycles. The van der Waals surface area contributed by atoms with Gasteiger partial charge in [-0.05, 0) is 37.0 Å². The minimum Gasteiger partial charge on any atom is -0.388 e. The molecule has 0 radical (unpaired) electrons. The van der Waals surface area contributed by atoms with E-state index in [0.717, 1.165) is 5.56 Å². The maximum absolute atomic E-state index is 14.0. The van der Waals surface area contributed by atoms with Crippen molar-refractivity contribution in [3.8, 4) is 11.3 Å². The molecular formula is C25H26FN3O3. The Morgan fingerprint density at radius 3 is 2.44 bits per heavy atom. The molecule has 4 rings (SSSR count). The van der Waals surface area contributed by atoms with Gasteiger partial charge in [-0.15, -0.1) is 0 Å². The Labute approximate surface area is 186 Å². The first kappa shape index (κ1) is 21.9. The maximum Gasteiger partial charge on any atom is 0.253 e. The molecule has 0 aliphatic carbocycles. The molecular weight excluding hydrogens is 409 g/mol. The molecule has 32 heavy (non-hydrogen) atoms. The van der Waals surface area contributed by atoms with Crippen molar-refractivity contribution in [2.75, 3.05) is 13.1 Å². The Hall–Kier alpha value is -3.32. The van der Waals surface area contributed by atoms with Crippen LogP contribution >= 0.6 is 0 Å². The van der Waals surface area contributed by atoms with Gasteiger partial charge in [-0.25, -0.2) is 9.37 Å². The molecule has 0 saturated carbocycles. The number of hydrogen-bond acceptors (Lipinski definition) is 4. The Bertz CT molecular complexity index is 1140. The molecule has 166 valence electrons. The lowest BCUT2D eigenvalue weighted by molar-refractivity contribution is -0.135. The van der Waals surface area contributed by atoms with Crippen LogP contribution in [0.4, 0.5) is 4.39 Å².